The van der Waals surface area contributed by atoms with Crippen LogP contribution in [0.4, 0.5) is 0 Å². The number of aromatic nitrogens is 1. The number of aryl methyl sites for hydroxylation is 1. The van der Waals surface area contributed by atoms with Gasteiger partial charge >= 0.3 is 16.1 Å². The van der Waals surface area contributed by atoms with Gasteiger partial charge in [0.25, 0.3) is 0 Å². The van der Waals surface area contributed by atoms with Crippen molar-refractivity contribution in [2.24, 2.45) is 0 Å². The van der Waals surface area contributed by atoms with Gasteiger partial charge in [0.1, 0.15) is 17.1 Å². The first-order valence-electron chi connectivity index (χ1n) is 8.01. The number of methoxy groups -OCH3 is 1. The van der Waals surface area contributed by atoms with Crippen LogP contribution in [0.25, 0.3) is 10.9 Å². The van der Waals surface area contributed by atoms with Gasteiger partial charge in [-0.25, -0.2) is 0 Å². The monoisotopic (exact) mass is 387 g/mol. The molecule has 1 heterocycles. The average Bonchev–Trinajstić information content (AvgIpc) is 2.94. The minimum absolute atomic E-state index is 0.0326. The number of para-hydroxylation sites is 1. The first kappa shape index (κ1) is 18.7. The molecule has 3 aromatic rings. The van der Waals surface area contributed by atoms with Crippen molar-refractivity contribution in [2.75, 3.05) is 7.11 Å². The molecule has 0 spiro atoms. The molecule has 2 aromatic carbocycles. The molecule has 0 unspecified atom stereocenters. The molecule has 0 fully saturated rings. The molecule has 0 saturated carbocycles. The summed E-state index contributed by atoms with van der Waals surface area (Å²) in [7, 11) is -2.93. The molecule has 1 aromatic heterocycles. The quantitative estimate of drug-likeness (QED) is 0.367. The fourth-order valence-corrected chi connectivity index (χ4v) is 3.68. The van der Waals surface area contributed by atoms with E-state index in [0.717, 1.165) is 5.56 Å². The number of benzene rings is 2. The van der Waals surface area contributed by atoms with Crippen molar-refractivity contribution >= 4 is 33.3 Å². The number of rotatable bonds is 6. The summed E-state index contributed by atoms with van der Waals surface area (Å²) >= 11 is 0. The van der Waals surface area contributed by atoms with E-state index < -0.39 is 16.1 Å². The number of carbonyl (C=O) groups is 2. The molecular weight excluding hydrogens is 370 g/mol. The van der Waals surface area contributed by atoms with E-state index in [2.05, 4.69) is 4.74 Å². The van der Waals surface area contributed by atoms with Gasteiger partial charge < -0.3 is 13.5 Å². The lowest BCUT2D eigenvalue weighted by atomic mass is 10.2. The number of hydrogen-bond donors (Lipinski definition) is 0. The van der Waals surface area contributed by atoms with E-state index in [1.54, 1.807) is 36.4 Å². The lowest BCUT2D eigenvalue weighted by Crippen LogP contribution is -2.15. The van der Waals surface area contributed by atoms with Crippen LogP contribution in [0.3, 0.4) is 0 Å². The van der Waals surface area contributed by atoms with Gasteiger partial charge in [-0.2, -0.15) is 8.42 Å². The Morgan fingerprint density at radius 3 is 2.41 bits per heavy atom. The number of carbonyl (C=O) groups excluding carboxylic acids is 2. The highest BCUT2D eigenvalue weighted by Gasteiger charge is 2.25. The molecule has 0 amide bonds. The molecule has 27 heavy (non-hydrogen) atoms. The zero-order chi connectivity index (χ0) is 19.6. The molecule has 0 aliphatic rings. The summed E-state index contributed by atoms with van der Waals surface area (Å²) in [6.07, 6.45) is 0.461. The first-order valence-corrected chi connectivity index (χ1v) is 9.42. The van der Waals surface area contributed by atoms with E-state index in [1.807, 2.05) is 6.92 Å². The largest absolute Gasteiger partial charge is 0.468 e. The second kappa shape index (κ2) is 7.24. The Hall–Kier alpha value is -3.13. The fourth-order valence-electron chi connectivity index (χ4n) is 2.72. The van der Waals surface area contributed by atoms with E-state index in [9.17, 15) is 18.0 Å². The van der Waals surface area contributed by atoms with E-state index in [-0.39, 0.29) is 22.9 Å². The van der Waals surface area contributed by atoms with Crippen LogP contribution in [0.2, 0.25) is 0 Å². The minimum atomic E-state index is -4.16. The zero-order valence-electron chi connectivity index (χ0n) is 14.7. The third-order valence-electron chi connectivity index (χ3n) is 4.09. The van der Waals surface area contributed by atoms with E-state index >= 15 is 0 Å². The van der Waals surface area contributed by atoms with Crippen molar-refractivity contribution in [1.82, 2.24) is 4.57 Å². The van der Waals surface area contributed by atoms with Crippen LogP contribution in [-0.4, -0.2) is 32.4 Å². The van der Waals surface area contributed by atoms with Crippen molar-refractivity contribution < 1.29 is 26.9 Å². The van der Waals surface area contributed by atoms with Crippen molar-refractivity contribution in [3.63, 3.8) is 0 Å². The van der Waals surface area contributed by atoms with Crippen LogP contribution >= 0.6 is 0 Å². The Kier molecular flexibility index (Phi) is 5.00. The maximum absolute atomic E-state index is 12.7. The predicted octanol–water partition coefficient (Wildman–Crippen LogP) is 2.70. The third kappa shape index (κ3) is 3.56. The molecule has 0 atom stereocenters. The molecular formula is C19H17NO6S. The molecule has 0 aliphatic heterocycles. The van der Waals surface area contributed by atoms with E-state index in [4.69, 9.17) is 4.18 Å². The van der Waals surface area contributed by atoms with Crippen molar-refractivity contribution in [3.8, 4) is 5.75 Å². The Morgan fingerprint density at radius 2 is 1.78 bits per heavy atom. The van der Waals surface area contributed by atoms with Gasteiger partial charge in [0.15, 0.2) is 12.0 Å². The van der Waals surface area contributed by atoms with Gasteiger partial charge in [-0.05, 0) is 31.2 Å². The SMILES string of the molecule is COC(=O)Cn1c(C=O)c(OS(=O)(=O)c2ccc(C)cc2)c2ccccc21. The third-order valence-corrected chi connectivity index (χ3v) is 5.33. The zero-order valence-corrected chi connectivity index (χ0v) is 15.5. The standard InChI is InChI=1S/C19H17NO6S/c1-13-7-9-14(10-8-13)27(23,24)26-19-15-5-3-4-6-16(15)20(17(19)12-21)11-18(22)25-2/h3-10,12H,11H2,1-2H3. The van der Waals surface area contributed by atoms with Crippen LogP contribution in [0.1, 0.15) is 16.1 Å². The van der Waals surface area contributed by atoms with Gasteiger partial charge in [0.05, 0.1) is 12.6 Å². The number of esters is 1. The van der Waals surface area contributed by atoms with Crippen molar-refractivity contribution in [2.45, 2.75) is 18.4 Å². The molecule has 8 heteroatoms. The summed E-state index contributed by atoms with van der Waals surface area (Å²) in [4.78, 5) is 23.4. The maximum Gasteiger partial charge on any atom is 0.339 e. The normalized spacial score (nSPS) is 11.3. The number of ether oxygens (including phenoxy) is 1. The van der Waals surface area contributed by atoms with Crippen molar-refractivity contribution in [3.05, 3.63) is 59.8 Å². The summed E-state index contributed by atoms with van der Waals surface area (Å²) in [5.74, 6) is -0.697. The van der Waals surface area contributed by atoms with Crippen LogP contribution in [-0.2, 0) is 26.2 Å². The van der Waals surface area contributed by atoms with Gasteiger partial charge in [0, 0.05) is 5.39 Å². The molecule has 0 radical (unpaired) electrons. The van der Waals surface area contributed by atoms with Crippen LogP contribution < -0.4 is 4.18 Å². The number of fused-ring (bicyclic) bond motifs is 1. The summed E-state index contributed by atoms with van der Waals surface area (Å²) in [5, 5.41) is 0.402. The molecule has 0 N–H and O–H groups in total. The van der Waals surface area contributed by atoms with Gasteiger partial charge in [-0.15, -0.1) is 0 Å². The van der Waals surface area contributed by atoms with Crippen molar-refractivity contribution in [1.29, 1.82) is 0 Å². The lowest BCUT2D eigenvalue weighted by Gasteiger charge is -2.08. The second-order valence-corrected chi connectivity index (χ2v) is 7.41. The first-order chi connectivity index (χ1) is 12.9. The Morgan fingerprint density at radius 1 is 1.11 bits per heavy atom. The average molecular weight is 387 g/mol. The summed E-state index contributed by atoms with van der Waals surface area (Å²) < 4.78 is 36.7. The minimum Gasteiger partial charge on any atom is -0.468 e. The molecule has 3 rings (SSSR count). The summed E-state index contributed by atoms with van der Waals surface area (Å²) in [6.45, 7) is 1.58. The summed E-state index contributed by atoms with van der Waals surface area (Å²) in [6, 6.07) is 12.8. The highest BCUT2D eigenvalue weighted by atomic mass is 32.2. The summed E-state index contributed by atoms with van der Waals surface area (Å²) in [5.41, 5.74) is 1.33. The molecule has 0 aliphatic carbocycles. The smallest absolute Gasteiger partial charge is 0.339 e. The molecule has 140 valence electrons. The topological polar surface area (TPSA) is 91.7 Å². The van der Waals surface area contributed by atoms with E-state index in [1.165, 1.54) is 23.8 Å². The Balaban J connectivity index is 2.15. The van der Waals surface area contributed by atoms with Gasteiger partial charge in [0.2, 0.25) is 0 Å². The maximum atomic E-state index is 12.7. The Labute approximate surface area is 156 Å². The molecule has 7 nitrogen and oxygen atoms in total. The Bertz CT molecular complexity index is 1110. The number of aldehydes is 1. The van der Waals surface area contributed by atoms with E-state index in [0.29, 0.717) is 17.2 Å². The number of hydrogen-bond acceptors (Lipinski definition) is 6. The molecule has 0 bridgehead atoms. The fraction of sp³-hybridized carbons (Fsp3) is 0.158. The highest BCUT2D eigenvalue weighted by Crippen LogP contribution is 2.34. The number of nitrogens with zero attached hydrogens (tertiary/aromatic N) is 1. The lowest BCUT2D eigenvalue weighted by molar-refractivity contribution is -0.141. The van der Waals surface area contributed by atoms with Crippen LogP contribution in [0.5, 0.6) is 5.75 Å². The molecule has 0 saturated heterocycles. The van der Waals surface area contributed by atoms with Gasteiger partial charge in [-0.1, -0.05) is 29.8 Å². The van der Waals surface area contributed by atoms with Gasteiger partial charge in [-0.3, -0.25) is 9.59 Å². The second-order valence-electron chi connectivity index (χ2n) is 5.86. The highest BCUT2D eigenvalue weighted by molar-refractivity contribution is 7.87. The van der Waals surface area contributed by atoms with Crippen LogP contribution in [0.15, 0.2) is 53.4 Å². The predicted molar refractivity (Wildman–Crippen MR) is 98.3 cm³/mol. The van der Waals surface area contributed by atoms with Crippen LogP contribution in [0, 0.1) is 6.92 Å².